The molecule has 1 saturated heterocycles. The van der Waals surface area contributed by atoms with Crippen molar-refractivity contribution < 1.29 is 28.8 Å². The summed E-state index contributed by atoms with van der Waals surface area (Å²) in [6.45, 7) is 5.74. The Bertz CT molecular complexity index is 1290. The Balaban J connectivity index is 1.62. The van der Waals surface area contributed by atoms with E-state index in [1.54, 1.807) is 19.9 Å². The van der Waals surface area contributed by atoms with E-state index < -0.39 is 22.8 Å². The number of carbonyl (C=O) groups is 2. The number of hydrogen-bond donors (Lipinski definition) is 2. The molecule has 2 aromatic rings. The highest BCUT2D eigenvalue weighted by atomic mass is 16.6. The van der Waals surface area contributed by atoms with Crippen molar-refractivity contribution in [3.63, 3.8) is 0 Å². The van der Waals surface area contributed by atoms with Gasteiger partial charge in [0, 0.05) is 35.5 Å². The predicted octanol–water partition coefficient (Wildman–Crippen LogP) is 4.27. The van der Waals surface area contributed by atoms with E-state index in [2.05, 4.69) is 24.5 Å². The maximum atomic E-state index is 13.6. The lowest BCUT2D eigenvalue weighted by Crippen LogP contribution is -2.53. The van der Waals surface area contributed by atoms with E-state index in [9.17, 15) is 24.8 Å². The van der Waals surface area contributed by atoms with Crippen molar-refractivity contribution in [3.05, 3.63) is 98.4 Å². The van der Waals surface area contributed by atoms with Crippen molar-refractivity contribution in [3.8, 4) is 0 Å². The molecule has 3 atom stereocenters. The average Bonchev–Trinajstić information content (AvgIpc) is 2.83. The van der Waals surface area contributed by atoms with Crippen LogP contribution in [-0.2, 0) is 20.9 Å². The van der Waals surface area contributed by atoms with Gasteiger partial charge in [-0.2, -0.15) is 0 Å². The average molecular weight is 507 g/mol. The second kappa shape index (κ2) is 10.6. The minimum atomic E-state index is -1.20. The molecule has 9 nitrogen and oxygen atoms in total. The number of esters is 1. The second-order valence-electron chi connectivity index (χ2n) is 10.1. The highest BCUT2D eigenvalue weighted by Crippen LogP contribution is 2.40. The van der Waals surface area contributed by atoms with Crippen LogP contribution in [0.2, 0.25) is 0 Å². The first-order valence-electron chi connectivity index (χ1n) is 12.3. The number of carbonyl (C=O) groups excluding carboxylic acids is 1. The molecule has 0 unspecified atom stereocenters. The van der Waals surface area contributed by atoms with Crippen molar-refractivity contribution in [1.29, 1.82) is 0 Å². The maximum absolute atomic E-state index is 13.6. The van der Waals surface area contributed by atoms with Gasteiger partial charge in [0.05, 0.1) is 35.6 Å². The first-order valence-corrected chi connectivity index (χ1v) is 12.3. The molecule has 0 radical (unpaired) electrons. The van der Waals surface area contributed by atoms with Gasteiger partial charge in [-0.05, 0) is 25.8 Å². The summed E-state index contributed by atoms with van der Waals surface area (Å²) < 4.78 is 6.75. The number of ether oxygens (including phenoxy) is 1. The molecule has 1 fully saturated rings. The molecule has 0 spiro atoms. The Morgan fingerprint density at radius 1 is 1.11 bits per heavy atom. The molecule has 2 aromatic carbocycles. The van der Waals surface area contributed by atoms with Crippen molar-refractivity contribution in [2.75, 3.05) is 20.1 Å². The van der Waals surface area contributed by atoms with E-state index in [-0.39, 0.29) is 22.9 Å². The fourth-order valence-electron chi connectivity index (χ4n) is 5.55. The number of non-ortho nitro benzene ring substituents is 1. The standard InChI is InChI=1S/C28H31N3O6/c1-18-24(27(32)33)26(21-11-7-12-22(15-21)30(35)36)25(19(2)29-18)28(34)37-23-13-8-14-31(3,17-23)16-20-9-5-4-6-10-20/h4-7,9-12,15,23,26H,8,13-14,16-17H2,1-3H3,(H-,29,32,33,34)/p+1/t23-,26+,31-/m1/s1. The monoisotopic (exact) mass is 506 g/mol. The topological polar surface area (TPSA) is 119 Å². The third kappa shape index (κ3) is 5.72. The number of nitrogens with zero attached hydrogens (tertiary/aromatic N) is 2. The Morgan fingerprint density at radius 2 is 1.81 bits per heavy atom. The predicted molar refractivity (Wildman–Crippen MR) is 137 cm³/mol. The quantitative estimate of drug-likeness (QED) is 0.249. The number of allylic oxidation sites excluding steroid dienone is 2. The van der Waals surface area contributed by atoms with Gasteiger partial charge in [-0.1, -0.05) is 42.5 Å². The number of aliphatic carboxylic acids is 1. The van der Waals surface area contributed by atoms with E-state index in [4.69, 9.17) is 4.74 Å². The van der Waals surface area contributed by atoms with Crippen LogP contribution in [-0.4, -0.2) is 52.7 Å². The number of nitro benzene ring substituents is 1. The SMILES string of the molecule is CC1=C(C(=O)O)[C@H](c2cccc([N+](=O)[O-])c2)C(C(=O)O[C@@H]2CCC[N@+](C)(Cc3ccccc3)C2)=C(C)N1. The number of hydrogen-bond acceptors (Lipinski definition) is 6. The number of dihydropyridines is 1. The van der Waals surface area contributed by atoms with Crippen molar-refractivity contribution >= 4 is 17.6 Å². The molecule has 2 heterocycles. The Morgan fingerprint density at radius 3 is 2.49 bits per heavy atom. The first-order chi connectivity index (χ1) is 17.6. The zero-order valence-electron chi connectivity index (χ0n) is 21.3. The normalized spacial score (nSPS) is 23.9. The molecule has 2 aliphatic rings. The number of carboxylic acids is 1. The maximum Gasteiger partial charge on any atom is 0.337 e. The van der Waals surface area contributed by atoms with Crippen LogP contribution in [0.5, 0.6) is 0 Å². The van der Waals surface area contributed by atoms with Gasteiger partial charge >= 0.3 is 11.9 Å². The van der Waals surface area contributed by atoms with E-state index >= 15 is 0 Å². The summed E-state index contributed by atoms with van der Waals surface area (Å²) in [6.07, 6.45) is 1.28. The van der Waals surface area contributed by atoms with Gasteiger partial charge in [-0.25, -0.2) is 9.59 Å². The summed E-state index contributed by atoms with van der Waals surface area (Å²) in [4.78, 5) is 36.8. The van der Waals surface area contributed by atoms with Crippen LogP contribution in [0.15, 0.2) is 77.1 Å². The molecule has 194 valence electrons. The number of nitro groups is 1. The summed E-state index contributed by atoms with van der Waals surface area (Å²) >= 11 is 0. The van der Waals surface area contributed by atoms with Crippen LogP contribution < -0.4 is 5.32 Å². The Kier molecular flexibility index (Phi) is 7.45. The minimum Gasteiger partial charge on any atom is -0.478 e. The number of likely N-dealkylation sites (tertiary alicyclic amines) is 1. The lowest BCUT2D eigenvalue weighted by molar-refractivity contribution is -0.929. The molecule has 0 amide bonds. The molecule has 2 N–H and O–H groups in total. The highest BCUT2D eigenvalue weighted by Gasteiger charge is 2.40. The summed E-state index contributed by atoms with van der Waals surface area (Å²) in [5.74, 6) is -2.81. The molecular weight excluding hydrogens is 474 g/mol. The first kappa shape index (κ1) is 26.1. The second-order valence-corrected chi connectivity index (χ2v) is 10.1. The van der Waals surface area contributed by atoms with Crippen LogP contribution in [0.4, 0.5) is 5.69 Å². The van der Waals surface area contributed by atoms with Crippen LogP contribution in [0.25, 0.3) is 0 Å². The molecule has 0 aromatic heterocycles. The van der Waals surface area contributed by atoms with Gasteiger partial charge in [0.15, 0.2) is 6.10 Å². The van der Waals surface area contributed by atoms with Crippen molar-refractivity contribution in [1.82, 2.24) is 5.32 Å². The van der Waals surface area contributed by atoms with Gasteiger partial charge in [-0.3, -0.25) is 10.1 Å². The van der Waals surface area contributed by atoms with Crippen LogP contribution in [0.3, 0.4) is 0 Å². The third-order valence-corrected chi connectivity index (χ3v) is 7.17. The molecule has 2 aliphatic heterocycles. The molecule has 37 heavy (non-hydrogen) atoms. The fraction of sp³-hybridized carbons (Fsp3) is 0.357. The smallest absolute Gasteiger partial charge is 0.337 e. The molecule has 0 saturated carbocycles. The summed E-state index contributed by atoms with van der Waals surface area (Å²) in [5, 5.41) is 24.4. The number of nitrogens with one attached hydrogen (secondary N) is 1. The van der Waals surface area contributed by atoms with E-state index in [0.29, 0.717) is 23.5 Å². The van der Waals surface area contributed by atoms with Gasteiger partial charge in [0.1, 0.15) is 13.1 Å². The number of piperidine rings is 1. The number of likely N-dealkylation sites (N-methyl/N-ethyl adjacent to an activating group) is 1. The van der Waals surface area contributed by atoms with Gasteiger partial charge in [0.2, 0.25) is 0 Å². The zero-order chi connectivity index (χ0) is 26.7. The number of carboxylic acid groups (broad SMARTS) is 1. The third-order valence-electron chi connectivity index (χ3n) is 7.17. The lowest BCUT2D eigenvalue weighted by Gasteiger charge is -2.41. The molecule has 9 heteroatoms. The summed E-state index contributed by atoms with van der Waals surface area (Å²) in [5.41, 5.74) is 2.36. The number of rotatable bonds is 7. The number of benzene rings is 2. The number of quaternary nitrogens is 1. The zero-order valence-corrected chi connectivity index (χ0v) is 21.3. The van der Waals surface area contributed by atoms with Gasteiger partial charge < -0.3 is 19.6 Å². The molecule has 0 aliphatic carbocycles. The van der Waals surface area contributed by atoms with Crippen LogP contribution >= 0.6 is 0 Å². The Hall–Kier alpha value is -3.98. The van der Waals surface area contributed by atoms with Gasteiger partial charge in [-0.15, -0.1) is 0 Å². The lowest BCUT2D eigenvalue weighted by atomic mass is 9.80. The summed E-state index contributed by atoms with van der Waals surface area (Å²) in [7, 11) is 2.15. The highest BCUT2D eigenvalue weighted by molar-refractivity contribution is 5.99. The van der Waals surface area contributed by atoms with Crippen LogP contribution in [0, 0.1) is 10.1 Å². The fourth-order valence-corrected chi connectivity index (χ4v) is 5.55. The molecule has 4 rings (SSSR count). The van der Waals surface area contributed by atoms with Crippen LogP contribution in [0.1, 0.15) is 43.7 Å². The molecular formula is C28H32N3O6+. The largest absolute Gasteiger partial charge is 0.478 e. The van der Waals surface area contributed by atoms with Crippen molar-refractivity contribution in [2.45, 2.75) is 45.3 Å². The van der Waals surface area contributed by atoms with E-state index in [0.717, 1.165) is 30.4 Å². The minimum absolute atomic E-state index is 0.0358. The van der Waals surface area contributed by atoms with Crippen molar-refractivity contribution in [2.24, 2.45) is 0 Å². The van der Waals surface area contributed by atoms with Gasteiger partial charge in [0.25, 0.3) is 5.69 Å². The molecule has 0 bridgehead atoms. The van der Waals surface area contributed by atoms with E-state index in [1.165, 1.54) is 23.8 Å². The van der Waals surface area contributed by atoms with E-state index in [1.807, 2.05) is 18.2 Å². The Labute approximate surface area is 215 Å². The summed E-state index contributed by atoms with van der Waals surface area (Å²) in [6, 6.07) is 15.9.